The lowest BCUT2D eigenvalue weighted by molar-refractivity contribution is -0.153. The average Bonchev–Trinajstić information content (AvgIpc) is 2.74. The van der Waals surface area contributed by atoms with Crippen LogP contribution in [0.4, 0.5) is 0 Å². The molecule has 1 aliphatic heterocycles. The van der Waals surface area contributed by atoms with Gasteiger partial charge in [-0.15, -0.1) is 0 Å². The van der Waals surface area contributed by atoms with Crippen molar-refractivity contribution in [3.05, 3.63) is 18.0 Å². The van der Waals surface area contributed by atoms with Gasteiger partial charge in [0.25, 0.3) is 0 Å². The van der Waals surface area contributed by atoms with Gasteiger partial charge in [-0.05, 0) is 20.3 Å². The number of carboxylic acid groups (broad SMARTS) is 1. The second kappa shape index (κ2) is 5.03. The number of aromatic nitrogens is 2. The van der Waals surface area contributed by atoms with Gasteiger partial charge in [-0.2, -0.15) is 5.10 Å². The molecule has 0 spiro atoms. The van der Waals surface area contributed by atoms with Gasteiger partial charge in [-0.1, -0.05) is 0 Å². The van der Waals surface area contributed by atoms with Crippen LogP contribution in [0.2, 0.25) is 0 Å². The van der Waals surface area contributed by atoms with Crippen LogP contribution in [-0.4, -0.2) is 37.7 Å². The van der Waals surface area contributed by atoms with E-state index in [2.05, 4.69) is 5.10 Å². The first-order chi connectivity index (χ1) is 8.91. The number of aryl methyl sites for hydroxylation is 1. The predicted octanol–water partition coefficient (Wildman–Crippen LogP) is 1.19. The third kappa shape index (κ3) is 2.47. The topological polar surface area (TPSA) is 75.4 Å². The molecule has 2 rings (SSSR count). The number of amides is 1. The van der Waals surface area contributed by atoms with Crippen molar-refractivity contribution >= 4 is 11.9 Å². The Labute approximate surface area is 112 Å². The smallest absolute Gasteiger partial charge is 0.308 e. The van der Waals surface area contributed by atoms with Crippen molar-refractivity contribution < 1.29 is 14.7 Å². The molecule has 1 saturated heterocycles. The van der Waals surface area contributed by atoms with Crippen LogP contribution >= 0.6 is 0 Å². The molecule has 0 aromatic carbocycles. The zero-order valence-corrected chi connectivity index (χ0v) is 11.4. The molecule has 0 bridgehead atoms. The van der Waals surface area contributed by atoms with Crippen LogP contribution in [0.25, 0.3) is 0 Å². The van der Waals surface area contributed by atoms with Crippen molar-refractivity contribution in [2.45, 2.75) is 38.8 Å². The third-order valence-corrected chi connectivity index (χ3v) is 3.58. The minimum absolute atomic E-state index is 0.0151. The summed E-state index contributed by atoms with van der Waals surface area (Å²) in [6, 6.07) is -0.452. The van der Waals surface area contributed by atoms with E-state index in [0.717, 1.165) is 5.56 Å². The fourth-order valence-electron chi connectivity index (χ4n) is 2.77. The maximum atomic E-state index is 12.1. The summed E-state index contributed by atoms with van der Waals surface area (Å²) in [5.74, 6) is -1.40. The maximum absolute atomic E-state index is 12.1. The first kappa shape index (κ1) is 13.6. The first-order valence-electron chi connectivity index (χ1n) is 6.44. The second-order valence-corrected chi connectivity index (χ2v) is 5.27. The van der Waals surface area contributed by atoms with Crippen molar-refractivity contribution in [1.29, 1.82) is 0 Å². The van der Waals surface area contributed by atoms with Gasteiger partial charge in [0, 0.05) is 31.3 Å². The monoisotopic (exact) mass is 265 g/mol. The van der Waals surface area contributed by atoms with Crippen LogP contribution in [0, 0.1) is 5.92 Å². The lowest BCUT2D eigenvalue weighted by atomic mass is 9.84. The molecule has 6 nitrogen and oxygen atoms in total. The van der Waals surface area contributed by atoms with Crippen LogP contribution in [0.1, 0.15) is 38.3 Å². The van der Waals surface area contributed by atoms with E-state index in [1.54, 1.807) is 29.0 Å². The van der Waals surface area contributed by atoms with Gasteiger partial charge in [0.05, 0.1) is 18.2 Å². The highest BCUT2D eigenvalue weighted by atomic mass is 16.4. The van der Waals surface area contributed by atoms with E-state index in [0.29, 0.717) is 12.8 Å². The Morgan fingerprint density at radius 2 is 2.21 bits per heavy atom. The summed E-state index contributed by atoms with van der Waals surface area (Å²) in [7, 11) is 1.78. The number of carboxylic acids is 1. The molecule has 0 aliphatic carbocycles. The summed E-state index contributed by atoms with van der Waals surface area (Å²) < 4.78 is 1.63. The summed E-state index contributed by atoms with van der Waals surface area (Å²) in [6.45, 7) is 3.82. The molecule has 1 fully saturated rings. The first-order valence-corrected chi connectivity index (χ1v) is 6.44. The third-order valence-electron chi connectivity index (χ3n) is 3.58. The van der Waals surface area contributed by atoms with Crippen LogP contribution in [0.15, 0.2) is 12.4 Å². The SMILES string of the molecule is CC(C)N1C(=O)CCC(C(=O)O)C1c1cnn(C)c1. The van der Waals surface area contributed by atoms with Gasteiger partial charge in [0.1, 0.15) is 0 Å². The maximum Gasteiger partial charge on any atom is 0.308 e. The van der Waals surface area contributed by atoms with Gasteiger partial charge < -0.3 is 10.0 Å². The molecule has 104 valence electrons. The molecule has 1 aliphatic rings. The van der Waals surface area contributed by atoms with Crippen molar-refractivity contribution in [3.8, 4) is 0 Å². The number of carbonyl (C=O) groups excluding carboxylic acids is 1. The van der Waals surface area contributed by atoms with E-state index in [1.807, 2.05) is 13.8 Å². The van der Waals surface area contributed by atoms with Crippen molar-refractivity contribution in [1.82, 2.24) is 14.7 Å². The molecule has 1 aromatic rings. The number of hydrogen-bond acceptors (Lipinski definition) is 3. The van der Waals surface area contributed by atoms with E-state index in [9.17, 15) is 14.7 Å². The average molecular weight is 265 g/mol. The highest BCUT2D eigenvalue weighted by Gasteiger charge is 2.42. The van der Waals surface area contributed by atoms with E-state index < -0.39 is 17.9 Å². The Balaban J connectivity index is 2.43. The zero-order valence-electron chi connectivity index (χ0n) is 11.4. The highest BCUT2D eigenvalue weighted by molar-refractivity contribution is 5.82. The molecular formula is C13H19N3O3. The van der Waals surface area contributed by atoms with Crippen molar-refractivity contribution in [3.63, 3.8) is 0 Å². The Morgan fingerprint density at radius 3 is 2.68 bits per heavy atom. The standard InChI is InChI=1S/C13H19N3O3/c1-8(2)16-11(17)5-4-10(13(18)19)12(16)9-6-14-15(3)7-9/h6-8,10,12H,4-5H2,1-3H3,(H,18,19). The fraction of sp³-hybridized carbons (Fsp3) is 0.615. The Morgan fingerprint density at radius 1 is 1.53 bits per heavy atom. The number of likely N-dealkylation sites (tertiary alicyclic amines) is 1. The number of rotatable bonds is 3. The van der Waals surface area contributed by atoms with Gasteiger partial charge in [-0.3, -0.25) is 14.3 Å². The molecule has 6 heteroatoms. The Bertz CT molecular complexity index is 495. The van der Waals surface area contributed by atoms with Gasteiger partial charge in [0.15, 0.2) is 0 Å². The quantitative estimate of drug-likeness (QED) is 0.890. The molecule has 0 saturated carbocycles. The number of carbonyl (C=O) groups is 2. The molecule has 19 heavy (non-hydrogen) atoms. The van der Waals surface area contributed by atoms with Gasteiger partial charge in [-0.25, -0.2) is 0 Å². The molecular weight excluding hydrogens is 246 g/mol. The molecule has 1 N–H and O–H groups in total. The van der Waals surface area contributed by atoms with Gasteiger partial charge in [0.2, 0.25) is 5.91 Å². The summed E-state index contributed by atoms with van der Waals surface area (Å²) >= 11 is 0. The lowest BCUT2D eigenvalue weighted by Gasteiger charge is -2.41. The molecule has 2 heterocycles. The molecule has 0 radical (unpaired) electrons. The van der Waals surface area contributed by atoms with E-state index in [-0.39, 0.29) is 11.9 Å². The largest absolute Gasteiger partial charge is 0.481 e. The molecule has 2 unspecified atom stereocenters. The Hall–Kier alpha value is -1.85. The minimum Gasteiger partial charge on any atom is -0.481 e. The minimum atomic E-state index is -0.855. The summed E-state index contributed by atoms with van der Waals surface area (Å²) in [4.78, 5) is 25.2. The van der Waals surface area contributed by atoms with E-state index in [1.165, 1.54) is 0 Å². The number of piperidine rings is 1. The number of nitrogens with zero attached hydrogens (tertiary/aromatic N) is 3. The molecule has 1 amide bonds. The lowest BCUT2D eigenvalue weighted by Crippen LogP contribution is -2.48. The highest BCUT2D eigenvalue weighted by Crippen LogP contribution is 2.37. The number of hydrogen-bond donors (Lipinski definition) is 1. The van der Waals surface area contributed by atoms with E-state index >= 15 is 0 Å². The number of aliphatic carboxylic acids is 1. The van der Waals surface area contributed by atoms with E-state index in [4.69, 9.17) is 0 Å². The molecule has 2 atom stereocenters. The van der Waals surface area contributed by atoms with Crippen molar-refractivity contribution in [2.75, 3.05) is 0 Å². The second-order valence-electron chi connectivity index (χ2n) is 5.27. The van der Waals surface area contributed by atoms with Crippen LogP contribution in [0.3, 0.4) is 0 Å². The van der Waals surface area contributed by atoms with Crippen LogP contribution < -0.4 is 0 Å². The normalized spacial score (nSPS) is 24.0. The predicted molar refractivity (Wildman–Crippen MR) is 68.3 cm³/mol. The Kier molecular flexibility index (Phi) is 3.59. The van der Waals surface area contributed by atoms with Crippen LogP contribution in [-0.2, 0) is 16.6 Å². The summed E-state index contributed by atoms with van der Waals surface area (Å²) in [5, 5.41) is 13.5. The van der Waals surface area contributed by atoms with Crippen molar-refractivity contribution in [2.24, 2.45) is 13.0 Å². The summed E-state index contributed by atoms with van der Waals surface area (Å²) in [5.41, 5.74) is 0.789. The molecule has 1 aromatic heterocycles. The summed E-state index contributed by atoms with van der Waals surface area (Å²) in [6.07, 6.45) is 4.12. The zero-order chi connectivity index (χ0) is 14.2. The van der Waals surface area contributed by atoms with Gasteiger partial charge >= 0.3 is 5.97 Å². The fourth-order valence-corrected chi connectivity index (χ4v) is 2.77. The van der Waals surface area contributed by atoms with Crippen LogP contribution in [0.5, 0.6) is 0 Å².